The van der Waals surface area contributed by atoms with Gasteiger partial charge in [-0.2, -0.15) is 8.42 Å². The van der Waals surface area contributed by atoms with Gasteiger partial charge in [-0.25, -0.2) is 0 Å². The van der Waals surface area contributed by atoms with Crippen molar-refractivity contribution in [3.05, 3.63) is 34.3 Å². The van der Waals surface area contributed by atoms with Crippen LogP contribution in [0, 0.1) is 0 Å². The lowest BCUT2D eigenvalue weighted by Gasteiger charge is -1.98. The van der Waals surface area contributed by atoms with Crippen molar-refractivity contribution < 1.29 is 12.3 Å². The zero-order valence-electron chi connectivity index (χ0n) is 6.70. The Morgan fingerprint density at radius 1 is 1.38 bits per heavy atom. The van der Waals surface area contributed by atoms with Crippen LogP contribution in [0.2, 0.25) is 0 Å². The monoisotopic (exact) mass is 266 g/mol. The van der Waals surface area contributed by atoms with Crippen molar-refractivity contribution in [1.82, 2.24) is 0 Å². The molecule has 0 unspecified atom stereocenters. The highest BCUT2D eigenvalue weighted by Gasteiger charge is 2.06. The van der Waals surface area contributed by atoms with Crippen LogP contribution in [-0.4, -0.2) is 14.2 Å². The smallest absolute Gasteiger partial charge is 0.195 e. The molecule has 2 nitrogen and oxygen atoms in total. The van der Waals surface area contributed by atoms with E-state index in [2.05, 4.69) is 15.9 Å². The quantitative estimate of drug-likeness (QED) is 0.787. The SMILES string of the molecule is O=S(=O)(F)CCc1cccc(Br)c1. The first kappa shape index (κ1) is 10.7. The zero-order valence-corrected chi connectivity index (χ0v) is 9.11. The Morgan fingerprint density at radius 3 is 2.62 bits per heavy atom. The summed E-state index contributed by atoms with van der Waals surface area (Å²) in [4.78, 5) is 0. The van der Waals surface area contributed by atoms with Crippen LogP contribution in [0.5, 0.6) is 0 Å². The molecule has 0 saturated heterocycles. The van der Waals surface area contributed by atoms with E-state index in [9.17, 15) is 12.3 Å². The van der Waals surface area contributed by atoms with Crippen molar-refractivity contribution in [2.45, 2.75) is 6.42 Å². The summed E-state index contributed by atoms with van der Waals surface area (Å²) in [6.07, 6.45) is 0.207. The number of benzene rings is 1. The number of rotatable bonds is 3. The molecule has 0 fully saturated rings. The molecule has 1 aromatic rings. The van der Waals surface area contributed by atoms with Crippen molar-refractivity contribution >= 4 is 26.2 Å². The maximum absolute atomic E-state index is 12.1. The standard InChI is InChI=1S/C8H8BrFO2S/c9-8-3-1-2-7(6-8)4-5-13(10,11)12/h1-3,6H,4-5H2. The van der Waals surface area contributed by atoms with Gasteiger partial charge in [-0.05, 0) is 24.1 Å². The van der Waals surface area contributed by atoms with E-state index >= 15 is 0 Å². The van der Waals surface area contributed by atoms with Crippen LogP contribution in [0.25, 0.3) is 0 Å². The number of halogens is 2. The number of hydrogen-bond donors (Lipinski definition) is 0. The molecule has 5 heteroatoms. The second-order valence-electron chi connectivity index (χ2n) is 2.62. The highest BCUT2D eigenvalue weighted by molar-refractivity contribution is 9.10. The van der Waals surface area contributed by atoms with E-state index in [1.54, 1.807) is 18.2 Å². The molecule has 0 aliphatic rings. The average Bonchev–Trinajstić information content (AvgIpc) is 2.00. The third-order valence-corrected chi connectivity index (χ3v) is 2.71. The van der Waals surface area contributed by atoms with Crippen LogP contribution in [-0.2, 0) is 16.6 Å². The van der Waals surface area contributed by atoms with Crippen LogP contribution in [0.3, 0.4) is 0 Å². The molecule has 72 valence electrons. The predicted octanol–water partition coefficient (Wildman–Crippen LogP) is 2.29. The van der Waals surface area contributed by atoms with Gasteiger partial charge in [0.1, 0.15) is 0 Å². The van der Waals surface area contributed by atoms with E-state index < -0.39 is 16.0 Å². The molecule has 0 radical (unpaired) electrons. The van der Waals surface area contributed by atoms with Crippen LogP contribution in [0.15, 0.2) is 28.7 Å². The molecular weight excluding hydrogens is 259 g/mol. The lowest BCUT2D eigenvalue weighted by atomic mass is 10.2. The highest BCUT2D eigenvalue weighted by Crippen LogP contribution is 2.12. The Kier molecular flexibility index (Phi) is 3.44. The first-order valence-electron chi connectivity index (χ1n) is 3.64. The second kappa shape index (κ2) is 4.19. The fourth-order valence-electron chi connectivity index (χ4n) is 0.932. The first-order chi connectivity index (χ1) is 5.97. The first-order valence-corrected chi connectivity index (χ1v) is 5.99. The van der Waals surface area contributed by atoms with Gasteiger partial charge < -0.3 is 0 Å². The Balaban J connectivity index is 2.65. The van der Waals surface area contributed by atoms with E-state index in [0.717, 1.165) is 10.0 Å². The van der Waals surface area contributed by atoms with Gasteiger partial charge in [0, 0.05) is 4.47 Å². The van der Waals surface area contributed by atoms with Gasteiger partial charge in [0.05, 0.1) is 5.75 Å². The molecule has 0 aliphatic heterocycles. The molecular formula is C8H8BrFO2S. The van der Waals surface area contributed by atoms with Gasteiger partial charge in [0.2, 0.25) is 0 Å². The molecule has 0 bridgehead atoms. The molecule has 1 aromatic carbocycles. The Morgan fingerprint density at radius 2 is 2.08 bits per heavy atom. The van der Waals surface area contributed by atoms with Crippen molar-refractivity contribution in [2.24, 2.45) is 0 Å². The summed E-state index contributed by atoms with van der Waals surface area (Å²) in [5.41, 5.74) is 0.801. The highest BCUT2D eigenvalue weighted by atomic mass is 79.9. The third kappa shape index (κ3) is 4.38. The minimum Gasteiger partial charge on any atom is -0.195 e. The second-order valence-corrected chi connectivity index (χ2v) is 5.02. The van der Waals surface area contributed by atoms with Gasteiger partial charge in [0.15, 0.2) is 0 Å². The number of aryl methyl sites for hydroxylation is 1. The summed E-state index contributed by atoms with van der Waals surface area (Å²) in [7, 11) is -4.35. The average molecular weight is 267 g/mol. The summed E-state index contributed by atoms with van der Waals surface area (Å²) in [5.74, 6) is -0.455. The van der Waals surface area contributed by atoms with Crippen molar-refractivity contribution in [1.29, 1.82) is 0 Å². The molecule has 0 heterocycles. The van der Waals surface area contributed by atoms with Crippen molar-refractivity contribution in [3.63, 3.8) is 0 Å². The van der Waals surface area contributed by atoms with Gasteiger partial charge in [0.25, 0.3) is 0 Å². The van der Waals surface area contributed by atoms with Crippen molar-refractivity contribution in [2.75, 3.05) is 5.75 Å². The molecule has 0 spiro atoms. The summed E-state index contributed by atoms with van der Waals surface area (Å²) in [6, 6.07) is 7.14. The molecule has 13 heavy (non-hydrogen) atoms. The van der Waals surface area contributed by atoms with Crippen LogP contribution in [0.1, 0.15) is 5.56 Å². The normalized spacial score (nSPS) is 11.5. The fourth-order valence-corrected chi connectivity index (χ4v) is 1.86. The molecule has 0 aliphatic carbocycles. The minimum absolute atomic E-state index is 0.207. The topological polar surface area (TPSA) is 34.1 Å². The Bertz CT molecular complexity index is 389. The van der Waals surface area contributed by atoms with Crippen LogP contribution < -0.4 is 0 Å². The minimum atomic E-state index is -4.35. The molecule has 1 rings (SSSR count). The van der Waals surface area contributed by atoms with Gasteiger partial charge in [-0.1, -0.05) is 28.1 Å². The van der Waals surface area contributed by atoms with Gasteiger partial charge >= 0.3 is 10.2 Å². The maximum Gasteiger partial charge on any atom is 0.302 e. The van der Waals surface area contributed by atoms with E-state index in [1.165, 1.54) is 0 Å². The van der Waals surface area contributed by atoms with Crippen LogP contribution in [0.4, 0.5) is 3.89 Å². The van der Waals surface area contributed by atoms with E-state index in [-0.39, 0.29) is 6.42 Å². The lowest BCUT2D eigenvalue weighted by molar-refractivity contribution is 0.551. The largest absolute Gasteiger partial charge is 0.302 e. The zero-order chi connectivity index (χ0) is 9.90. The molecule has 0 saturated carbocycles. The Labute approximate surface area is 85.1 Å². The molecule has 0 amide bonds. The fraction of sp³-hybridized carbons (Fsp3) is 0.250. The molecule has 0 atom stereocenters. The third-order valence-electron chi connectivity index (χ3n) is 1.52. The van der Waals surface area contributed by atoms with Gasteiger partial charge in [-0.15, -0.1) is 3.89 Å². The lowest BCUT2D eigenvalue weighted by Crippen LogP contribution is -2.01. The van der Waals surface area contributed by atoms with E-state index in [1.807, 2.05) is 6.07 Å². The summed E-state index contributed by atoms with van der Waals surface area (Å²) < 4.78 is 33.4. The predicted molar refractivity (Wildman–Crippen MR) is 52.7 cm³/mol. The molecule has 0 N–H and O–H groups in total. The van der Waals surface area contributed by atoms with E-state index in [0.29, 0.717) is 0 Å². The molecule has 0 aromatic heterocycles. The van der Waals surface area contributed by atoms with E-state index in [4.69, 9.17) is 0 Å². The van der Waals surface area contributed by atoms with Crippen LogP contribution >= 0.6 is 15.9 Å². The Hall–Kier alpha value is -0.420. The number of hydrogen-bond acceptors (Lipinski definition) is 2. The summed E-state index contributed by atoms with van der Waals surface area (Å²) >= 11 is 3.24. The van der Waals surface area contributed by atoms with Crippen molar-refractivity contribution in [3.8, 4) is 0 Å². The maximum atomic E-state index is 12.1. The summed E-state index contributed by atoms with van der Waals surface area (Å²) in [6.45, 7) is 0. The van der Waals surface area contributed by atoms with Gasteiger partial charge in [-0.3, -0.25) is 0 Å². The summed E-state index contributed by atoms with van der Waals surface area (Å²) in [5, 5.41) is 0.